The van der Waals surface area contributed by atoms with Crippen LogP contribution in [0.4, 0.5) is 0 Å². The summed E-state index contributed by atoms with van der Waals surface area (Å²) in [5.41, 5.74) is 0. The number of unbranched alkanes of at least 4 members (excludes halogenated alkanes) is 30. The number of allylic oxidation sites excluding steroid dienone is 4. The van der Waals surface area contributed by atoms with Gasteiger partial charge in [-0.05, 0) is 84.0 Å². The number of ether oxygens (including phenoxy) is 4. The summed E-state index contributed by atoms with van der Waals surface area (Å²) in [6.07, 6.45) is 47.0. The van der Waals surface area contributed by atoms with Crippen LogP contribution in [-0.2, 0) is 84.5 Å². The van der Waals surface area contributed by atoms with Crippen LogP contribution in [0, 0.1) is 0 Å². The number of hydrogen-bond donors (Lipinski definition) is 4. The van der Waals surface area contributed by atoms with E-state index in [1.54, 1.807) is 0 Å². The molecule has 0 aromatic heterocycles. The second kappa shape index (κ2) is 78.7. The fraction of sp³-hybridized carbons (Fsp3) is 0.850. The van der Waals surface area contributed by atoms with Crippen molar-refractivity contribution in [1.82, 2.24) is 21.3 Å². The molecule has 0 rings (SSSR count). The van der Waals surface area contributed by atoms with E-state index in [0.717, 1.165) is 141 Å². The number of phosphoric acid groups is 2. The van der Waals surface area contributed by atoms with E-state index in [9.17, 15) is 57.3 Å². The topological polar surface area (TPSA) is 339 Å². The van der Waals surface area contributed by atoms with E-state index in [-0.39, 0.29) is 148 Å². The maximum atomic E-state index is 13.2. The van der Waals surface area contributed by atoms with Crippen molar-refractivity contribution in [1.29, 1.82) is 0 Å². The molecule has 0 fully saturated rings. The quantitative estimate of drug-likeness (QED) is 0.0110. The molecule has 618 valence electrons. The minimum absolute atomic E-state index is 0. The van der Waals surface area contributed by atoms with Crippen LogP contribution >= 0.6 is 15.6 Å². The normalized spacial score (nSPS) is 13.7. The molecule has 0 aliphatic heterocycles. The minimum atomic E-state index is -5.08. The standard InChI is InChI=1S/C80H148N4O20P2.2Na/c1-7-13-19-25-28-31-34-39-42-48-71(85)62-77(89)83-69(65-97-58-54-73(50-44-37-22-16-10-4)103-79(91)52-46-24-18-12-6)67-101-105(93,94)99-60-56-81-75(87)64-76(88)82-57-61-100-106(95,96)102-68-70(84-78(90)63-72(86)49-43-40-35-32-29-26-20-14-8-2)66-98-59-55-74(51-45-38-23-17-11-5)104-80(92)53-47-41-36-33-30-27-21-15-9-3;;/h12,18,33,36,69-70,73-74H,7-11,13-17,19-32,34-35,37-68H2,1-6H3,(H,81,87)(H,82,88)(H,83,89)(H,84,90)(H,93,94)(H,95,96);;/q;2*+1/p-2/b18-12-,36-33-;;/t69-,70-,73+,74+;;/m0../s1. The number of rotatable bonds is 79. The Morgan fingerprint density at radius 3 is 1.04 bits per heavy atom. The van der Waals surface area contributed by atoms with Gasteiger partial charge in [0.2, 0.25) is 23.6 Å². The first-order chi connectivity index (χ1) is 51.2. The zero-order valence-corrected chi connectivity index (χ0v) is 74.5. The number of esters is 2. The molecule has 6 atom stereocenters. The first-order valence-electron chi connectivity index (χ1n) is 41.4. The largest absolute Gasteiger partial charge is 1.00 e. The van der Waals surface area contributed by atoms with Gasteiger partial charge in [-0.25, -0.2) is 0 Å². The van der Waals surface area contributed by atoms with E-state index < -0.39 is 109 Å². The zero-order valence-electron chi connectivity index (χ0n) is 68.7. The van der Waals surface area contributed by atoms with Crippen molar-refractivity contribution < 1.29 is 153 Å². The van der Waals surface area contributed by atoms with Gasteiger partial charge in [0.05, 0.1) is 77.8 Å². The molecule has 28 heteroatoms. The average Bonchev–Trinajstić information content (AvgIpc) is 0.921. The van der Waals surface area contributed by atoms with E-state index in [2.05, 4.69) is 68.0 Å². The van der Waals surface area contributed by atoms with Gasteiger partial charge in [0.1, 0.15) is 30.2 Å². The predicted octanol–water partition coefficient (Wildman–Crippen LogP) is 10.2. The third kappa shape index (κ3) is 75.2. The van der Waals surface area contributed by atoms with Crippen LogP contribution < -0.4 is 90.2 Å². The van der Waals surface area contributed by atoms with Crippen molar-refractivity contribution in [3.8, 4) is 0 Å². The number of ketones is 2. The second-order valence-electron chi connectivity index (χ2n) is 28.2. The van der Waals surface area contributed by atoms with Crippen LogP contribution in [-0.4, -0.2) is 137 Å². The number of Topliss-reactive ketones (excluding diaryl/α,β-unsaturated/α-hetero) is 2. The number of hydrogen-bond acceptors (Lipinski definition) is 20. The number of carbonyl (C=O) groups excluding carboxylic acids is 8. The molecule has 0 aromatic carbocycles. The summed E-state index contributed by atoms with van der Waals surface area (Å²) in [5.74, 6) is -4.00. The average molecular weight is 1590 g/mol. The van der Waals surface area contributed by atoms with E-state index in [0.29, 0.717) is 51.4 Å². The van der Waals surface area contributed by atoms with Crippen LogP contribution in [0.25, 0.3) is 0 Å². The molecular formula is C80H146N4Na2O20P2. The Morgan fingerprint density at radius 2 is 0.676 bits per heavy atom. The van der Waals surface area contributed by atoms with Crippen LogP contribution in [0.1, 0.15) is 350 Å². The number of phosphoric ester groups is 2. The van der Waals surface area contributed by atoms with Gasteiger partial charge in [-0.3, -0.25) is 47.5 Å². The molecular weight excluding hydrogens is 1440 g/mol. The summed E-state index contributed by atoms with van der Waals surface area (Å²) < 4.78 is 69.9. The molecule has 0 aliphatic carbocycles. The van der Waals surface area contributed by atoms with Crippen molar-refractivity contribution in [3.05, 3.63) is 24.3 Å². The Bertz CT molecular complexity index is 2420. The van der Waals surface area contributed by atoms with Crippen molar-refractivity contribution in [2.45, 2.75) is 374 Å². The maximum absolute atomic E-state index is 13.2. The van der Waals surface area contributed by atoms with E-state index in [1.807, 2.05) is 19.1 Å². The zero-order chi connectivity index (χ0) is 78.3. The van der Waals surface area contributed by atoms with Gasteiger partial charge in [-0.1, -0.05) is 232 Å². The molecule has 0 saturated carbocycles. The Balaban J connectivity index is -0.0000551. The second-order valence-corrected chi connectivity index (χ2v) is 31.0. The van der Waals surface area contributed by atoms with Crippen molar-refractivity contribution in [2.24, 2.45) is 0 Å². The van der Waals surface area contributed by atoms with Crippen molar-refractivity contribution >= 4 is 62.8 Å². The summed E-state index contributed by atoms with van der Waals surface area (Å²) in [5, 5.41) is 10.1. The molecule has 4 N–H and O–H groups in total. The molecule has 24 nitrogen and oxygen atoms in total. The molecule has 0 saturated heterocycles. The molecule has 0 spiro atoms. The first kappa shape index (κ1) is 110. The Labute approximate surface area is 696 Å². The summed E-state index contributed by atoms with van der Waals surface area (Å²) in [4.78, 5) is 129. The SMILES string of the molecule is C/C=C\CCCC(=O)O[C@H](CCCCCCC)CCOC[C@@H](COP(=O)([O-])OCCNC(=O)CC(=O)NCCOP(=O)([O-])OC[C@H](COCC[C@@H](CCCCCCC)OC(=O)CCC/C=C\CCCCCC)NC(=O)CC(=O)CCCCCCCCCCC)NC(=O)CC(=O)CCCCCCCCCCC.[Na+].[Na+]. The Hall–Kier alpha value is -2.22. The molecule has 0 radical (unpaired) electrons. The summed E-state index contributed by atoms with van der Waals surface area (Å²) in [7, 11) is -10.2. The van der Waals surface area contributed by atoms with Crippen molar-refractivity contribution in [2.75, 3.05) is 65.9 Å². The fourth-order valence-corrected chi connectivity index (χ4v) is 13.2. The van der Waals surface area contributed by atoms with E-state index in [4.69, 9.17) is 37.0 Å². The van der Waals surface area contributed by atoms with Gasteiger partial charge < -0.3 is 68.1 Å². The summed E-state index contributed by atoms with van der Waals surface area (Å²) >= 11 is 0. The third-order valence-electron chi connectivity index (χ3n) is 17.9. The molecule has 0 aromatic rings. The number of amides is 4. The number of carbonyl (C=O) groups is 8. The smallest absolute Gasteiger partial charge is 0.756 e. The Kier molecular flexibility index (Phi) is 80.1. The first-order valence-corrected chi connectivity index (χ1v) is 44.3. The van der Waals surface area contributed by atoms with Gasteiger partial charge in [0.25, 0.3) is 15.6 Å². The molecule has 108 heavy (non-hydrogen) atoms. The molecule has 0 heterocycles. The van der Waals surface area contributed by atoms with Crippen LogP contribution in [0.3, 0.4) is 0 Å². The monoisotopic (exact) mass is 1590 g/mol. The fourth-order valence-electron chi connectivity index (χ4n) is 11.7. The maximum Gasteiger partial charge on any atom is 1.00 e. The summed E-state index contributed by atoms with van der Waals surface area (Å²) in [6.45, 7) is 9.35. The molecule has 4 amide bonds. The van der Waals surface area contributed by atoms with Crippen LogP contribution in [0.15, 0.2) is 24.3 Å². The molecule has 2 unspecified atom stereocenters. The third-order valence-corrected chi connectivity index (χ3v) is 19.8. The van der Waals surface area contributed by atoms with Gasteiger partial charge in [0.15, 0.2) is 0 Å². The molecule has 0 aliphatic rings. The summed E-state index contributed by atoms with van der Waals surface area (Å²) in [6, 6.07) is -2.08. The Morgan fingerprint density at radius 1 is 0.352 bits per heavy atom. The predicted molar refractivity (Wildman–Crippen MR) is 414 cm³/mol. The van der Waals surface area contributed by atoms with Gasteiger partial charge in [0, 0.05) is 51.6 Å². The van der Waals surface area contributed by atoms with Gasteiger partial charge in [-0.2, -0.15) is 0 Å². The van der Waals surface area contributed by atoms with Gasteiger partial charge in [-0.15, -0.1) is 0 Å². The van der Waals surface area contributed by atoms with E-state index >= 15 is 0 Å². The van der Waals surface area contributed by atoms with Crippen LogP contribution in [0.5, 0.6) is 0 Å². The minimum Gasteiger partial charge on any atom is -0.756 e. The van der Waals surface area contributed by atoms with Gasteiger partial charge >= 0.3 is 71.1 Å². The number of nitrogens with one attached hydrogen (secondary N) is 4. The van der Waals surface area contributed by atoms with E-state index in [1.165, 1.54) is 70.6 Å². The van der Waals surface area contributed by atoms with Crippen molar-refractivity contribution in [3.63, 3.8) is 0 Å². The van der Waals surface area contributed by atoms with Crippen LogP contribution in [0.2, 0.25) is 0 Å². The molecule has 0 bridgehead atoms.